The van der Waals surface area contributed by atoms with Crippen LogP contribution in [0.3, 0.4) is 0 Å². The van der Waals surface area contributed by atoms with Crippen molar-refractivity contribution in [3.63, 3.8) is 0 Å². The highest BCUT2D eigenvalue weighted by Gasteiger charge is 2.33. The Morgan fingerprint density at radius 2 is 2.04 bits per heavy atom. The molecule has 3 aromatic heterocycles. The number of thiazole rings is 1. The van der Waals surface area contributed by atoms with Crippen LogP contribution in [-0.2, 0) is 6.18 Å². The lowest BCUT2D eigenvalue weighted by molar-refractivity contribution is -0.141. The summed E-state index contributed by atoms with van der Waals surface area (Å²) in [4.78, 5) is 12.5. The summed E-state index contributed by atoms with van der Waals surface area (Å²) in [6.45, 7) is 4.05. The standard InChI is InChI=1S/C14H11F3N5S/c1-8(2)10-7-23-12(19-10)9-3-5-18-13(20-9)22-6-4-11(21-22)14(15,16)17/h3-4,6-8H,1-2H3. The van der Waals surface area contributed by atoms with Gasteiger partial charge in [-0.2, -0.15) is 18.3 Å². The predicted molar refractivity (Wildman–Crippen MR) is 78.2 cm³/mol. The van der Waals surface area contributed by atoms with Gasteiger partial charge in [0.1, 0.15) is 10.7 Å². The Kier molecular flexibility index (Phi) is 3.88. The van der Waals surface area contributed by atoms with E-state index in [-0.39, 0.29) is 11.9 Å². The minimum absolute atomic E-state index is 0.0132. The zero-order valence-corrected chi connectivity index (χ0v) is 13.0. The van der Waals surface area contributed by atoms with Gasteiger partial charge in [0.2, 0.25) is 0 Å². The molecule has 119 valence electrons. The van der Waals surface area contributed by atoms with Crippen LogP contribution in [-0.4, -0.2) is 24.7 Å². The number of aromatic nitrogens is 5. The van der Waals surface area contributed by atoms with Gasteiger partial charge >= 0.3 is 6.18 Å². The summed E-state index contributed by atoms with van der Waals surface area (Å²) in [6.07, 6.45) is -0.717. The molecule has 23 heavy (non-hydrogen) atoms. The number of alkyl halides is 3. The van der Waals surface area contributed by atoms with Gasteiger partial charge in [-0.15, -0.1) is 11.3 Å². The topological polar surface area (TPSA) is 56.5 Å². The molecule has 3 rings (SSSR count). The van der Waals surface area contributed by atoms with Crippen molar-refractivity contribution in [2.45, 2.75) is 25.9 Å². The Labute approximate surface area is 133 Å². The molecule has 0 saturated carbocycles. The Morgan fingerprint density at radius 1 is 1.26 bits per heavy atom. The normalized spacial score (nSPS) is 12.1. The van der Waals surface area contributed by atoms with Crippen molar-refractivity contribution in [2.24, 2.45) is 0 Å². The Morgan fingerprint density at radius 3 is 2.65 bits per heavy atom. The minimum Gasteiger partial charge on any atom is -0.239 e. The van der Waals surface area contributed by atoms with Gasteiger partial charge in [0.25, 0.3) is 5.95 Å². The van der Waals surface area contributed by atoms with Gasteiger partial charge < -0.3 is 0 Å². The molecule has 0 saturated heterocycles. The van der Waals surface area contributed by atoms with Crippen molar-refractivity contribution >= 4 is 11.3 Å². The van der Waals surface area contributed by atoms with Gasteiger partial charge in [0.05, 0.1) is 11.9 Å². The van der Waals surface area contributed by atoms with Gasteiger partial charge in [-0.1, -0.05) is 13.8 Å². The lowest BCUT2D eigenvalue weighted by Crippen LogP contribution is -2.08. The first kappa shape index (κ1) is 15.6. The maximum absolute atomic E-state index is 12.6. The van der Waals surface area contributed by atoms with Crippen molar-refractivity contribution < 1.29 is 13.2 Å². The molecule has 0 fully saturated rings. The van der Waals surface area contributed by atoms with E-state index in [0.29, 0.717) is 10.7 Å². The number of halogens is 3. The Hall–Kier alpha value is -2.29. The van der Waals surface area contributed by atoms with E-state index in [1.807, 2.05) is 19.2 Å². The molecule has 3 heterocycles. The first-order chi connectivity index (χ1) is 10.8. The van der Waals surface area contributed by atoms with E-state index < -0.39 is 11.9 Å². The van der Waals surface area contributed by atoms with Gasteiger partial charge in [-0.05, 0) is 18.1 Å². The number of rotatable bonds is 3. The van der Waals surface area contributed by atoms with Gasteiger partial charge in [-0.3, -0.25) is 0 Å². The van der Waals surface area contributed by atoms with Crippen LogP contribution in [0.15, 0.2) is 23.7 Å². The molecule has 5 nitrogen and oxygen atoms in total. The van der Waals surface area contributed by atoms with Crippen LogP contribution in [0, 0.1) is 6.20 Å². The third-order valence-electron chi connectivity index (χ3n) is 3.00. The van der Waals surface area contributed by atoms with Crippen molar-refractivity contribution in [2.75, 3.05) is 0 Å². The van der Waals surface area contributed by atoms with E-state index in [9.17, 15) is 13.2 Å². The Balaban J connectivity index is 1.94. The van der Waals surface area contributed by atoms with Crippen LogP contribution in [0.5, 0.6) is 0 Å². The lowest BCUT2D eigenvalue weighted by atomic mass is 10.2. The number of hydrogen-bond acceptors (Lipinski definition) is 5. The fourth-order valence-corrected chi connectivity index (χ4v) is 2.72. The predicted octanol–water partition coefficient (Wildman–Crippen LogP) is 3.73. The minimum atomic E-state index is -4.51. The molecular weight excluding hydrogens is 327 g/mol. The van der Waals surface area contributed by atoms with Crippen molar-refractivity contribution in [1.82, 2.24) is 24.7 Å². The van der Waals surface area contributed by atoms with Gasteiger partial charge in [0.15, 0.2) is 5.69 Å². The molecule has 0 aliphatic heterocycles. The zero-order valence-electron chi connectivity index (χ0n) is 12.2. The summed E-state index contributed by atoms with van der Waals surface area (Å²) >= 11 is 1.41. The number of nitrogens with zero attached hydrogens (tertiary/aromatic N) is 5. The first-order valence-corrected chi connectivity index (χ1v) is 7.56. The molecule has 0 amide bonds. The molecule has 0 aliphatic rings. The summed E-state index contributed by atoms with van der Waals surface area (Å²) in [5.41, 5.74) is 0.433. The molecule has 0 bridgehead atoms. The van der Waals surface area contributed by atoms with Crippen LogP contribution in [0.25, 0.3) is 16.6 Å². The van der Waals surface area contributed by atoms with Gasteiger partial charge in [0, 0.05) is 11.6 Å². The summed E-state index contributed by atoms with van der Waals surface area (Å²) in [5.74, 6) is 0.296. The highest BCUT2D eigenvalue weighted by molar-refractivity contribution is 7.13. The summed E-state index contributed by atoms with van der Waals surface area (Å²) < 4.78 is 38.8. The second kappa shape index (κ2) is 5.73. The zero-order chi connectivity index (χ0) is 16.6. The molecule has 1 radical (unpaired) electrons. The maximum Gasteiger partial charge on any atom is 0.435 e. The summed E-state index contributed by atoms with van der Waals surface area (Å²) in [7, 11) is 0. The highest BCUT2D eigenvalue weighted by atomic mass is 32.1. The lowest BCUT2D eigenvalue weighted by Gasteiger charge is -2.02. The van der Waals surface area contributed by atoms with E-state index in [0.717, 1.165) is 22.6 Å². The Bertz CT molecular complexity index is 822. The summed E-state index contributed by atoms with van der Waals surface area (Å²) in [6, 6.07) is 2.41. The van der Waals surface area contributed by atoms with E-state index in [1.54, 1.807) is 6.07 Å². The molecule has 9 heteroatoms. The second-order valence-corrected chi connectivity index (χ2v) is 5.92. The second-order valence-electron chi connectivity index (χ2n) is 5.06. The highest BCUT2D eigenvalue weighted by Crippen LogP contribution is 2.28. The molecule has 0 spiro atoms. The van der Waals surface area contributed by atoms with Crippen LogP contribution >= 0.6 is 11.3 Å². The van der Waals surface area contributed by atoms with Crippen LogP contribution in [0.1, 0.15) is 31.2 Å². The fourth-order valence-electron chi connectivity index (χ4n) is 1.78. The fraction of sp³-hybridized carbons (Fsp3) is 0.286. The third kappa shape index (κ3) is 3.24. The van der Waals surface area contributed by atoms with E-state index in [4.69, 9.17) is 0 Å². The average molecular weight is 338 g/mol. The van der Waals surface area contributed by atoms with Crippen molar-refractivity contribution in [3.8, 4) is 16.6 Å². The quantitative estimate of drug-likeness (QED) is 0.730. The van der Waals surface area contributed by atoms with Crippen LogP contribution in [0.4, 0.5) is 13.2 Å². The SMILES string of the molecule is CC(C)c1csc(-c2c[c]nc(-n3ccc(C(F)(F)F)n3)n2)n1. The molecule has 3 aromatic rings. The van der Waals surface area contributed by atoms with Crippen molar-refractivity contribution in [3.05, 3.63) is 41.3 Å². The molecule has 0 aromatic carbocycles. The van der Waals surface area contributed by atoms with Gasteiger partial charge in [-0.25, -0.2) is 19.6 Å². The largest absolute Gasteiger partial charge is 0.435 e. The molecule has 0 unspecified atom stereocenters. The molecule has 0 aliphatic carbocycles. The monoisotopic (exact) mass is 338 g/mol. The van der Waals surface area contributed by atoms with E-state index in [2.05, 4.69) is 26.2 Å². The molecular formula is C14H11F3N5S. The van der Waals surface area contributed by atoms with Crippen LogP contribution in [0.2, 0.25) is 0 Å². The maximum atomic E-state index is 12.6. The average Bonchev–Trinajstić information content (AvgIpc) is 3.16. The van der Waals surface area contributed by atoms with Crippen molar-refractivity contribution in [1.29, 1.82) is 0 Å². The molecule has 0 N–H and O–H groups in total. The molecule has 0 atom stereocenters. The summed E-state index contributed by atoms with van der Waals surface area (Å²) in [5, 5.41) is 6.04. The number of hydrogen-bond donors (Lipinski definition) is 0. The smallest absolute Gasteiger partial charge is 0.239 e. The van der Waals surface area contributed by atoms with E-state index in [1.165, 1.54) is 11.3 Å². The van der Waals surface area contributed by atoms with Crippen LogP contribution < -0.4 is 0 Å². The van der Waals surface area contributed by atoms with E-state index >= 15 is 0 Å². The first-order valence-electron chi connectivity index (χ1n) is 6.69. The third-order valence-corrected chi connectivity index (χ3v) is 3.89.